The molecule has 0 aliphatic heterocycles. The fraction of sp³-hybridized carbons (Fsp3) is 0.114. The van der Waals surface area contributed by atoms with Gasteiger partial charge in [-0.1, -0.05) is 110 Å². The van der Waals surface area contributed by atoms with Gasteiger partial charge in [-0.15, -0.1) is 0 Å². The first-order valence-corrected chi connectivity index (χ1v) is 12.4. The Bertz CT molecular complexity index is 1590. The topological polar surface area (TPSA) is 12.9 Å². The zero-order valence-electron chi connectivity index (χ0n) is 21.7. The van der Waals surface area contributed by atoms with Crippen LogP contribution in [0.25, 0.3) is 44.6 Å². The van der Waals surface area contributed by atoms with Crippen molar-refractivity contribution in [1.29, 1.82) is 0 Å². The van der Waals surface area contributed by atoms with Crippen LogP contribution in [0.2, 0.25) is 0 Å². The van der Waals surface area contributed by atoms with Crippen molar-refractivity contribution < 1.29 is 0 Å². The number of hydrogen-bond donors (Lipinski definition) is 0. The number of fused-ring (bicyclic) bond motifs is 3. The average molecular weight is 468 g/mol. The predicted molar refractivity (Wildman–Crippen MR) is 160 cm³/mol. The third-order valence-electron chi connectivity index (χ3n) is 6.64. The largest absolute Gasteiger partial charge is 0.246 e. The lowest BCUT2D eigenvalue weighted by molar-refractivity contribution is 1.35. The van der Waals surface area contributed by atoms with Gasteiger partial charge in [-0.2, -0.15) is 0 Å². The molecule has 0 saturated heterocycles. The van der Waals surface area contributed by atoms with Crippen LogP contribution >= 0.6 is 0 Å². The van der Waals surface area contributed by atoms with Crippen molar-refractivity contribution in [2.75, 3.05) is 0 Å². The molecule has 0 aliphatic carbocycles. The second kappa shape index (κ2) is 11.0. The maximum Gasteiger partial charge on any atom is 0.0794 e. The fourth-order valence-electron chi connectivity index (χ4n) is 4.84. The summed E-state index contributed by atoms with van der Waals surface area (Å²) in [5.41, 5.74) is 9.69. The first-order valence-electron chi connectivity index (χ1n) is 12.4. The molecule has 0 saturated carbocycles. The summed E-state index contributed by atoms with van der Waals surface area (Å²) >= 11 is 0. The Balaban J connectivity index is 2.18. The number of hydrogen-bond acceptors (Lipinski definition) is 1. The van der Waals surface area contributed by atoms with Crippen LogP contribution in [-0.4, -0.2) is 4.98 Å². The molecule has 3 aromatic carbocycles. The highest BCUT2D eigenvalue weighted by molar-refractivity contribution is 6.12. The smallest absolute Gasteiger partial charge is 0.0794 e. The van der Waals surface area contributed by atoms with E-state index in [1.807, 2.05) is 19.1 Å². The van der Waals surface area contributed by atoms with Crippen molar-refractivity contribution >= 4 is 33.3 Å². The zero-order chi connectivity index (χ0) is 25.7. The summed E-state index contributed by atoms with van der Waals surface area (Å²) in [6.45, 7) is 16.8. The van der Waals surface area contributed by atoms with E-state index in [2.05, 4.69) is 125 Å². The summed E-state index contributed by atoms with van der Waals surface area (Å²) in [7, 11) is 0. The van der Waals surface area contributed by atoms with Crippen LogP contribution in [0.5, 0.6) is 0 Å². The van der Waals surface area contributed by atoms with Crippen molar-refractivity contribution in [1.82, 2.24) is 4.98 Å². The van der Waals surface area contributed by atoms with Gasteiger partial charge in [-0.25, -0.2) is 4.98 Å². The molecular formula is C35H33N. The summed E-state index contributed by atoms with van der Waals surface area (Å²) in [5, 5.41) is 3.41. The molecule has 0 aliphatic rings. The van der Waals surface area contributed by atoms with Gasteiger partial charge in [0.25, 0.3) is 0 Å². The molecule has 0 radical (unpaired) electrons. The Labute approximate surface area is 215 Å². The number of benzene rings is 3. The number of aromatic nitrogens is 1. The molecule has 1 heterocycles. The minimum absolute atomic E-state index is 0.941. The summed E-state index contributed by atoms with van der Waals surface area (Å²) in [6, 6.07) is 21.2. The molecular weight excluding hydrogens is 434 g/mol. The Morgan fingerprint density at radius 2 is 1.53 bits per heavy atom. The Morgan fingerprint density at radius 3 is 2.19 bits per heavy atom. The van der Waals surface area contributed by atoms with Crippen molar-refractivity contribution in [2.45, 2.75) is 27.7 Å². The van der Waals surface area contributed by atoms with Gasteiger partial charge in [0, 0.05) is 27.5 Å². The highest BCUT2D eigenvalue weighted by Gasteiger charge is 2.19. The lowest BCUT2D eigenvalue weighted by atomic mass is 9.88. The van der Waals surface area contributed by atoms with E-state index in [4.69, 9.17) is 4.98 Å². The SMILES string of the molecule is C=C\C(=C/C(=C\C)C(/C=C\C)=C\C)c1c(C=C)c(-c2ccccc2C)nc2c1ccc1ccccc12. The van der Waals surface area contributed by atoms with Crippen molar-refractivity contribution in [3.63, 3.8) is 0 Å². The zero-order valence-corrected chi connectivity index (χ0v) is 21.7. The number of rotatable bonds is 7. The van der Waals surface area contributed by atoms with Gasteiger partial charge < -0.3 is 0 Å². The van der Waals surface area contributed by atoms with Crippen LogP contribution in [0.3, 0.4) is 0 Å². The van der Waals surface area contributed by atoms with Crippen LogP contribution in [0.1, 0.15) is 37.5 Å². The molecule has 36 heavy (non-hydrogen) atoms. The second-order valence-electron chi connectivity index (χ2n) is 8.74. The van der Waals surface area contributed by atoms with E-state index in [0.717, 1.165) is 49.8 Å². The van der Waals surface area contributed by atoms with Gasteiger partial charge in [0.15, 0.2) is 0 Å². The first-order chi connectivity index (χ1) is 17.6. The van der Waals surface area contributed by atoms with Crippen LogP contribution in [-0.2, 0) is 0 Å². The van der Waals surface area contributed by atoms with E-state index >= 15 is 0 Å². The van der Waals surface area contributed by atoms with E-state index in [1.165, 1.54) is 16.5 Å². The quantitative estimate of drug-likeness (QED) is 0.195. The summed E-state index contributed by atoms with van der Waals surface area (Å²) in [5.74, 6) is 0. The van der Waals surface area contributed by atoms with Gasteiger partial charge in [0.2, 0.25) is 0 Å². The van der Waals surface area contributed by atoms with Gasteiger partial charge in [-0.05, 0) is 61.4 Å². The molecule has 1 heteroatoms. The number of aryl methyl sites for hydroxylation is 1. The first kappa shape index (κ1) is 24.9. The standard InChI is InChI=1S/C35H33N/c1-7-16-25(8-2)26(9-3)23-27(10-4)33-29(11-5)34(30-19-14-12-17-24(30)6)36-35-31-20-15-13-18-28(31)21-22-32(33)35/h7-23H,4-5H2,1-3,6H3/b16-7-,25-8-,26-9+,27-23+. The Hall–Kier alpha value is -4.23. The predicted octanol–water partition coefficient (Wildman–Crippen LogP) is 10.0. The van der Waals surface area contributed by atoms with Gasteiger partial charge in [0.05, 0.1) is 11.2 Å². The molecule has 178 valence electrons. The lowest BCUT2D eigenvalue weighted by Crippen LogP contribution is -2.00. The van der Waals surface area contributed by atoms with E-state index in [0.29, 0.717) is 0 Å². The maximum atomic E-state index is 5.29. The lowest BCUT2D eigenvalue weighted by Gasteiger charge is -2.19. The Kier molecular flexibility index (Phi) is 7.61. The van der Waals surface area contributed by atoms with Crippen molar-refractivity contribution in [3.8, 4) is 11.3 Å². The van der Waals surface area contributed by atoms with Crippen LogP contribution < -0.4 is 0 Å². The van der Waals surface area contributed by atoms with E-state index in [-0.39, 0.29) is 0 Å². The molecule has 0 fully saturated rings. The second-order valence-corrected chi connectivity index (χ2v) is 8.74. The maximum absolute atomic E-state index is 5.29. The van der Waals surface area contributed by atoms with Crippen LogP contribution in [0.15, 0.2) is 121 Å². The number of nitrogens with zero attached hydrogens (tertiary/aromatic N) is 1. The third kappa shape index (κ3) is 4.53. The van der Waals surface area contributed by atoms with E-state index in [1.54, 1.807) is 0 Å². The molecule has 4 aromatic rings. The molecule has 0 unspecified atom stereocenters. The van der Waals surface area contributed by atoms with Crippen LogP contribution in [0, 0.1) is 6.92 Å². The van der Waals surface area contributed by atoms with Crippen molar-refractivity contribution in [3.05, 3.63) is 138 Å². The Morgan fingerprint density at radius 1 is 0.806 bits per heavy atom. The molecule has 4 rings (SSSR count). The molecule has 1 nitrogen and oxygen atoms in total. The molecule has 0 spiro atoms. The van der Waals surface area contributed by atoms with Crippen molar-refractivity contribution in [2.24, 2.45) is 0 Å². The molecule has 0 N–H and O–H groups in total. The van der Waals surface area contributed by atoms with E-state index in [9.17, 15) is 0 Å². The highest BCUT2D eigenvalue weighted by Crippen LogP contribution is 2.39. The van der Waals surface area contributed by atoms with E-state index < -0.39 is 0 Å². The number of pyridine rings is 1. The highest BCUT2D eigenvalue weighted by atomic mass is 14.7. The fourth-order valence-corrected chi connectivity index (χ4v) is 4.84. The van der Waals surface area contributed by atoms with Gasteiger partial charge in [0.1, 0.15) is 0 Å². The van der Waals surface area contributed by atoms with Gasteiger partial charge >= 0.3 is 0 Å². The summed E-state index contributed by atoms with van der Waals surface area (Å²) in [4.78, 5) is 5.29. The average Bonchev–Trinajstić information content (AvgIpc) is 2.92. The summed E-state index contributed by atoms with van der Waals surface area (Å²) < 4.78 is 0. The minimum atomic E-state index is 0.941. The number of allylic oxidation sites excluding steroid dienone is 9. The normalized spacial score (nSPS) is 13.1. The molecule has 0 bridgehead atoms. The minimum Gasteiger partial charge on any atom is -0.246 e. The molecule has 1 aromatic heterocycles. The molecule has 0 atom stereocenters. The van der Waals surface area contributed by atoms with Crippen LogP contribution in [0.4, 0.5) is 0 Å². The third-order valence-corrected chi connectivity index (χ3v) is 6.64. The molecule has 0 amide bonds. The summed E-state index contributed by atoms with van der Waals surface area (Å²) in [6.07, 6.45) is 14.6. The van der Waals surface area contributed by atoms with Gasteiger partial charge in [-0.3, -0.25) is 0 Å². The monoisotopic (exact) mass is 467 g/mol.